The molecule has 1 amide bonds. The Bertz CT molecular complexity index is 1090. The van der Waals surface area contributed by atoms with E-state index in [1.165, 1.54) is 0 Å². The van der Waals surface area contributed by atoms with Crippen LogP contribution in [0.15, 0.2) is 40.9 Å². The van der Waals surface area contributed by atoms with Crippen molar-refractivity contribution in [2.24, 2.45) is 0 Å². The fraction of sp³-hybridized carbons (Fsp3) is 0.348. The van der Waals surface area contributed by atoms with Gasteiger partial charge in [-0.15, -0.1) is 0 Å². The van der Waals surface area contributed by atoms with Gasteiger partial charge in [0, 0.05) is 23.7 Å². The summed E-state index contributed by atoms with van der Waals surface area (Å²) in [7, 11) is 6.25. The van der Waals surface area contributed by atoms with E-state index in [1.807, 2.05) is 6.07 Å². The molecule has 1 saturated heterocycles. The number of rotatable bonds is 7. The quantitative estimate of drug-likeness (QED) is 0.549. The SMILES string of the molecule is COc1cc(OC)cc(C(=O)N2CCC[C@H]2c2nc(-c3ccc(OC)c(OC)c3)no2)c1. The first kappa shape index (κ1) is 21.5. The summed E-state index contributed by atoms with van der Waals surface area (Å²) in [5, 5.41) is 4.12. The largest absolute Gasteiger partial charge is 0.497 e. The molecule has 1 fully saturated rings. The normalized spacial score (nSPS) is 15.5. The molecule has 1 aromatic heterocycles. The lowest BCUT2D eigenvalue weighted by atomic mass is 10.1. The van der Waals surface area contributed by atoms with Crippen molar-refractivity contribution in [3.8, 4) is 34.4 Å². The summed E-state index contributed by atoms with van der Waals surface area (Å²) in [6, 6.07) is 10.2. The number of amides is 1. The van der Waals surface area contributed by atoms with Crippen molar-refractivity contribution >= 4 is 5.91 Å². The highest BCUT2D eigenvalue weighted by Gasteiger charge is 2.35. The smallest absolute Gasteiger partial charge is 0.254 e. The van der Waals surface area contributed by atoms with E-state index in [9.17, 15) is 4.79 Å². The third kappa shape index (κ3) is 4.05. The van der Waals surface area contributed by atoms with Gasteiger partial charge in [-0.1, -0.05) is 5.16 Å². The Morgan fingerprint density at radius 2 is 1.69 bits per heavy atom. The number of benzene rings is 2. The number of aromatic nitrogens is 2. The van der Waals surface area contributed by atoms with E-state index in [1.54, 1.807) is 63.7 Å². The lowest BCUT2D eigenvalue weighted by Gasteiger charge is -2.22. The first-order valence-corrected chi connectivity index (χ1v) is 10.2. The molecule has 1 atom stereocenters. The average Bonchev–Trinajstić information content (AvgIpc) is 3.52. The summed E-state index contributed by atoms with van der Waals surface area (Å²) in [6.45, 7) is 0.594. The Morgan fingerprint density at radius 3 is 2.34 bits per heavy atom. The van der Waals surface area contributed by atoms with E-state index in [4.69, 9.17) is 23.5 Å². The molecule has 4 rings (SSSR count). The minimum atomic E-state index is -0.305. The number of ether oxygens (including phenoxy) is 4. The third-order valence-electron chi connectivity index (χ3n) is 5.48. The number of carbonyl (C=O) groups is 1. The summed E-state index contributed by atoms with van der Waals surface area (Å²) in [5.41, 5.74) is 1.21. The van der Waals surface area contributed by atoms with Crippen LogP contribution in [0.25, 0.3) is 11.4 Å². The molecule has 0 unspecified atom stereocenters. The zero-order valence-corrected chi connectivity index (χ0v) is 18.5. The van der Waals surface area contributed by atoms with Gasteiger partial charge >= 0.3 is 0 Å². The molecular formula is C23H25N3O6. The van der Waals surface area contributed by atoms with Gasteiger partial charge in [-0.3, -0.25) is 4.79 Å². The van der Waals surface area contributed by atoms with Crippen LogP contribution in [0.5, 0.6) is 23.0 Å². The van der Waals surface area contributed by atoms with E-state index >= 15 is 0 Å². The molecule has 2 aromatic carbocycles. The maximum absolute atomic E-state index is 13.3. The Hall–Kier alpha value is -3.75. The van der Waals surface area contributed by atoms with Crippen molar-refractivity contribution in [3.05, 3.63) is 47.9 Å². The van der Waals surface area contributed by atoms with Gasteiger partial charge in [0.25, 0.3) is 5.91 Å². The van der Waals surface area contributed by atoms with E-state index in [0.29, 0.717) is 46.8 Å². The van der Waals surface area contributed by atoms with Crippen LogP contribution in [0.2, 0.25) is 0 Å². The first-order valence-electron chi connectivity index (χ1n) is 10.2. The Morgan fingerprint density at radius 1 is 0.969 bits per heavy atom. The second kappa shape index (κ2) is 9.17. The molecule has 0 spiro atoms. The fourth-order valence-corrected chi connectivity index (χ4v) is 3.83. The topological polar surface area (TPSA) is 96.2 Å². The van der Waals surface area contributed by atoms with Gasteiger partial charge in [0.2, 0.25) is 11.7 Å². The molecule has 3 aromatic rings. The third-order valence-corrected chi connectivity index (χ3v) is 5.48. The molecule has 0 radical (unpaired) electrons. The Kier molecular flexibility index (Phi) is 6.16. The molecule has 9 heteroatoms. The van der Waals surface area contributed by atoms with Gasteiger partial charge in [-0.05, 0) is 43.2 Å². The maximum Gasteiger partial charge on any atom is 0.254 e. The van der Waals surface area contributed by atoms with Crippen molar-refractivity contribution in [3.63, 3.8) is 0 Å². The van der Waals surface area contributed by atoms with Crippen molar-refractivity contribution in [2.75, 3.05) is 35.0 Å². The van der Waals surface area contributed by atoms with Crippen LogP contribution in [0.3, 0.4) is 0 Å². The van der Waals surface area contributed by atoms with Gasteiger partial charge in [-0.2, -0.15) is 4.98 Å². The van der Waals surface area contributed by atoms with Crippen LogP contribution >= 0.6 is 0 Å². The predicted octanol–water partition coefficient (Wildman–Crippen LogP) is 3.75. The van der Waals surface area contributed by atoms with Gasteiger partial charge < -0.3 is 28.4 Å². The molecular weight excluding hydrogens is 414 g/mol. The second-order valence-electron chi connectivity index (χ2n) is 7.28. The summed E-state index contributed by atoms with van der Waals surface area (Å²) in [4.78, 5) is 19.6. The van der Waals surface area contributed by atoms with E-state index < -0.39 is 0 Å². The van der Waals surface area contributed by atoms with Crippen molar-refractivity contribution in [1.82, 2.24) is 15.0 Å². The van der Waals surface area contributed by atoms with Crippen LogP contribution in [-0.4, -0.2) is 55.9 Å². The standard InChI is InChI=1S/C23H25N3O6/c1-28-16-10-15(11-17(13-16)29-2)23(27)26-9-5-6-18(26)22-24-21(25-32-22)14-7-8-19(30-3)20(12-14)31-4/h7-8,10-13,18H,5-6,9H2,1-4H3/t18-/m0/s1. The van der Waals surface area contributed by atoms with E-state index in [-0.39, 0.29) is 11.9 Å². The molecule has 32 heavy (non-hydrogen) atoms. The highest BCUT2D eigenvalue weighted by molar-refractivity contribution is 5.95. The molecule has 2 heterocycles. The molecule has 0 aliphatic carbocycles. The van der Waals surface area contributed by atoms with Crippen molar-refractivity contribution < 1.29 is 28.3 Å². The lowest BCUT2D eigenvalue weighted by molar-refractivity contribution is 0.0709. The van der Waals surface area contributed by atoms with E-state index in [2.05, 4.69) is 10.1 Å². The van der Waals surface area contributed by atoms with Crippen LogP contribution < -0.4 is 18.9 Å². The summed E-state index contributed by atoms with van der Waals surface area (Å²) < 4.78 is 26.8. The number of hydrogen-bond acceptors (Lipinski definition) is 8. The second-order valence-corrected chi connectivity index (χ2v) is 7.28. The Labute approximate surface area is 185 Å². The van der Waals surface area contributed by atoms with Gasteiger partial charge in [0.15, 0.2) is 11.5 Å². The molecule has 168 valence electrons. The zero-order valence-electron chi connectivity index (χ0n) is 18.5. The molecule has 1 aliphatic heterocycles. The molecule has 0 N–H and O–H groups in total. The predicted molar refractivity (Wildman–Crippen MR) is 115 cm³/mol. The Balaban J connectivity index is 1.60. The number of hydrogen-bond donors (Lipinski definition) is 0. The zero-order chi connectivity index (χ0) is 22.7. The fourth-order valence-electron chi connectivity index (χ4n) is 3.83. The van der Waals surface area contributed by atoms with Crippen molar-refractivity contribution in [2.45, 2.75) is 18.9 Å². The number of nitrogens with zero attached hydrogens (tertiary/aromatic N) is 3. The molecule has 1 aliphatic rings. The van der Waals surface area contributed by atoms with Gasteiger partial charge in [0.05, 0.1) is 28.4 Å². The summed E-state index contributed by atoms with van der Waals surface area (Å²) >= 11 is 0. The molecule has 0 bridgehead atoms. The van der Waals surface area contributed by atoms with Crippen LogP contribution in [0.4, 0.5) is 0 Å². The lowest BCUT2D eigenvalue weighted by Crippen LogP contribution is -2.30. The highest BCUT2D eigenvalue weighted by Crippen LogP contribution is 2.36. The summed E-state index contributed by atoms with van der Waals surface area (Å²) in [6.07, 6.45) is 1.58. The monoisotopic (exact) mass is 439 g/mol. The van der Waals surface area contributed by atoms with Gasteiger partial charge in [0.1, 0.15) is 17.5 Å². The maximum atomic E-state index is 13.3. The van der Waals surface area contributed by atoms with Crippen LogP contribution in [0.1, 0.15) is 35.1 Å². The molecule has 0 saturated carbocycles. The summed E-state index contributed by atoms with van der Waals surface area (Å²) in [5.74, 6) is 2.96. The number of carbonyl (C=O) groups excluding carboxylic acids is 1. The highest BCUT2D eigenvalue weighted by atomic mass is 16.5. The van der Waals surface area contributed by atoms with Crippen LogP contribution in [-0.2, 0) is 0 Å². The van der Waals surface area contributed by atoms with E-state index in [0.717, 1.165) is 18.4 Å². The number of likely N-dealkylation sites (tertiary alicyclic amines) is 1. The minimum Gasteiger partial charge on any atom is -0.497 e. The molecule has 9 nitrogen and oxygen atoms in total. The van der Waals surface area contributed by atoms with Gasteiger partial charge in [-0.25, -0.2) is 0 Å². The number of methoxy groups -OCH3 is 4. The minimum absolute atomic E-state index is 0.143. The average molecular weight is 439 g/mol. The van der Waals surface area contributed by atoms with Crippen LogP contribution in [0, 0.1) is 0 Å². The first-order chi connectivity index (χ1) is 15.6. The van der Waals surface area contributed by atoms with Crippen molar-refractivity contribution in [1.29, 1.82) is 0 Å².